The monoisotopic (exact) mass is 355 g/mol. The smallest absolute Gasteiger partial charge is 0.237 e. The zero-order chi connectivity index (χ0) is 17.4. The molecular formula is C18H17N3O3S. The van der Waals surface area contributed by atoms with Crippen molar-refractivity contribution in [3.63, 3.8) is 0 Å². The van der Waals surface area contributed by atoms with Crippen molar-refractivity contribution in [2.75, 3.05) is 12.4 Å². The molecular weight excluding hydrogens is 338 g/mol. The molecule has 3 aromatic rings. The molecule has 0 saturated heterocycles. The summed E-state index contributed by atoms with van der Waals surface area (Å²) in [5.74, 6) is 1.32. The van der Waals surface area contributed by atoms with Gasteiger partial charge in [-0.05, 0) is 49.5 Å². The van der Waals surface area contributed by atoms with E-state index in [0.717, 1.165) is 34.8 Å². The lowest BCUT2D eigenvalue weighted by molar-refractivity contribution is -0.118. The van der Waals surface area contributed by atoms with Gasteiger partial charge in [-0.15, -0.1) is 0 Å². The Bertz CT molecular complexity index is 927. The van der Waals surface area contributed by atoms with Crippen molar-refractivity contribution in [1.82, 2.24) is 9.53 Å². The summed E-state index contributed by atoms with van der Waals surface area (Å²) in [7, 11) is 1.62. The molecule has 0 atom stereocenters. The van der Waals surface area contributed by atoms with E-state index in [0.29, 0.717) is 11.5 Å². The van der Waals surface area contributed by atoms with Crippen LogP contribution in [-0.4, -0.2) is 22.5 Å². The van der Waals surface area contributed by atoms with Gasteiger partial charge in [0, 0.05) is 11.6 Å². The average Bonchev–Trinajstić information content (AvgIpc) is 3.10. The highest BCUT2D eigenvalue weighted by atomic mass is 32.1. The fourth-order valence-electron chi connectivity index (χ4n) is 2.79. The molecule has 1 amide bonds. The Balaban J connectivity index is 1.57. The Morgan fingerprint density at radius 3 is 2.84 bits per heavy atom. The van der Waals surface area contributed by atoms with Gasteiger partial charge in [0.05, 0.1) is 23.9 Å². The normalized spacial score (nSPS) is 15.0. The van der Waals surface area contributed by atoms with Crippen LogP contribution in [0, 0.1) is 6.92 Å². The Hall–Kier alpha value is -2.67. The maximum atomic E-state index is 12.7. The molecule has 0 spiro atoms. The SMILES string of the molecule is COc1cccc(-c2cc(C3(C(=O)Nc4cc(C)ns4)CC3)no2)c1. The summed E-state index contributed by atoms with van der Waals surface area (Å²) in [5, 5.41) is 7.86. The summed E-state index contributed by atoms with van der Waals surface area (Å²) in [5.41, 5.74) is 1.83. The van der Waals surface area contributed by atoms with E-state index in [1.54, 1.807) is 7.11 Å². The maximum absolute atomic E-state index is 12.7. The van der Waals surface area contributed by atoms with E-state index in [9.17, 15) is 4.79 Å². The average molecular weight is 355 g/mol. The van der Waals surface area contributed by atoms with E-state index in [-0.39, 0.29) is 5.91 Å². The van der Waals surface area contributed by atoms with Crippen molar-refractivity contribution in [3.8, 4) is 17.1 Å². The number of anilines is 1. The Morgan fingerprint density at radius 1 is 1.32 bits per heavy atom. The minimum absolute atomic E-state index is 0.0540. The second kappa shape index (κ2) is 6.00. The molecule has 1 aromatic carbocycles. The molecule has 1 fully saturated rings. The first-order chi connectivity index (χ1) is 12.1. The van der Waals surface area contributed by atoms with Gasteiger partial charge in [-0.25, -0.2) is 0 Å². The van der Waals surface area contributed by atoms with Crippen molar-refractivity contribution < 1.29 is 14.1 Å². The summed E-state index contributed by atoms with van der Waals surface area (Å²) < 4.78 is 14.9. The third-order valence-electron chi connectivity index (χ3n) is 4.40. The molecule has 1 saturated carbocycles. The van der Waals surface area contributed by atoms with Crippen molar-refractivity contribution in [1.29, 1.82) is 0 Å². The molecule has 1 aliphatic rings. The van der Waals surface area contributed by atoms with Crippen LogP contribution < -0.4 is 10.1 Å². The fraction of sp³-hybridized carbons (Fsp3) is 0.278. The van der Waals surface area contributed by atoms with Crippen molar-refractivity contribution >= 4 is 22.4 Å². The van der Waals surface area contributed by atoms with Gasteiger partial charge in [0.15, 0.2) is 5.76 Å². The van der Waals surface area contributed by atoms with Gasteiger partial charge < -0.3 is 14.6 Å². The van der Waals surface area contributed by atoms with Crippen LogP contribution in [0.5, 0.6) is 5.75 Å². The summed E-state index contributed by atoms with van der Waals surface area (Å²) in [6, 6.07) is 11.3. The predicted molar refractivity (Wildman–Crippen MR) is 94.9 cm³/mol. The standard InChI is InChI=1S/C18H17N3O3S/c1-11-8-16(25-21-11)19-17(22)18(6-7-18)15-10-14(24-20-15)12-4-3-5-13(9-12)23-2/h3-5,8-10H,6-7H2,1-2H3,(H,19,22). The number of aryl methyl sites for hydroxylation is 1. The molecule has 4 rings (SSSR count). The molecule has 1 N–H and O–H groups in total. The number of hydrogen-bond acceptors (Lipinski definition) is 6. The first kappa shape index (κ1) is 15.8. The van der Waals surface area contributed by atoms with Crippen LogP contribution in [0.4, 0.5) is 5.00 Å². The molecule has 25 heavy (non-hydrogen) atoms. The number of aromatic nitrogens is 2. The Labute approximate surface area is 149 Å². The minimum Gasteiger partial charge on any atom is -0.497 e. The summed E-state index contributed by atoms with van der Waals surface area (Å²) in [6.45, 7) is 1.90. The number of rotatable bonds is 5. The lowest BCUT2D eigenvalue weighted by Crippen LogP contribution is -2.27. The number of carbonyl (C=O) groups is 1. The number of nitrogens with zero attached hydrogens (tertiary/aromatic N) is 2. The maximum Gasteiger partial charge on any atom is 0.237 e. The molecule has 1 aliphatic carbocycles. The van der Waals surface area contributed by atoms with Gasteiger partial charge in [0.1, 0.15) is 10.8 Å². The predicted octanol–water partition coefficient (Wildman–Crippen LogP) is 3.79. The van der Waals surface area contributed by atoms with Crippen LogP contribution in [0.2, 0.25) is 0 Å². The molecule has 128 valence electrons. The number of benzene rings is 1. The van der Waals surface area contributed by atoms with Crippen LogP contribution in [0.25, 0.3) is 11.3 Å². The van der Waals surface area contributed by atoms with Crippen LogP contribution in [0.15, 0.2) is 40.9 Å². The molecule has 0 radical (unpaired) electrons. The number of amides is 1. The Kier molecular flexibility index (Phi) is 3.80. The van der Waals surface area contributed by atoms with Gasteiger partial charge >= 0.3 is 0 Å². The fourth-order valence-corrected chi connectivity index (χ4v) is 3.45. The molecule has 2 heterocycles. The quantitative estimate of drug-likeness (QED) is 0.753. The van der Waals surface area contributed by atoms with Gasteiger partial charge in [-0.3, -0.25) is 4.79 Å². The zero-order valence-electron chi connectivity index (χ0n) is 13.9. The highest BCUT2D eigenvalue weighted by molar-refractivity contribution is 7.10. The third kappa shape index (κ3) is 2.91. The molecule has 0 aliphatic heterocycles. The largest absolute Gasteiger partial charge is 0.497 e. The first-order valence-electron chi connectivity index (χ1n) is 7.97. The first-order valence-corrected chi connectivity index (χ1v) is 8.74. The summed E-state index contributed by atoms with van der Waals surface area (Å²) in [4.78, 5) is 12.7. The van der Waals surface area contributed by atoms with E-state index in [1.807, 2.05) is 43.3 Å². The molecule has 2 aromatic heterocycles. The number of carbonyl (C=O) groups excluding carboxylic acids is 1. The van der Waals surface area contributed by atoms with Crippen LogP contribution in [-0.2, 0) is 10.2 Å². The minimum atomic E-state index is -0.599. The molecule has 0 bridgehead atoms. The second-order valence-corrected chi connectivity index (χ2v) is 6.98. The van der Waals surface area contributed by atoms with Gasteiger partial charge in [0.25, 0.3) is 0 Å². The van der Waals surface area contributed by atoms with Gasteiger partial charge in [0.2, 0.25) is 5.91 Å². The lowest BCUT2D eigenvalue weighted by Gasteiger charge is -2.10. The van der Waals surface area contributed by atoms with Gasteiger partial charge in [-0.2, -0.15) is 4.37 Å². The van der Waals surface area contributed by atoms with Crippen molar-refractivity contribution in [2.24, 2.45) is 0 Å². The Morgan fingerprint density at radius 2 is 2.16 bits per heavy atom. The number of ether oxygens (including phenoxy) is 1. The van der Waals surface area contributed by atoms with Crippen LogP contribution in [0.3, 0.4) is 0 Å². The van der Waals surface area contributed by atoms with Gasteiger partial charge in [-0.1, -0.05) is 17.3 Å². The highest BCUT2D eigenvalue weighted by Gasteiger charge is 2.54. The number of nitrogens with one attached hydrogen (secondary N) is 1. The summed E-state index contributed by atoms with van der Waals surface area (Å²) >= 11 is 1.28. The summed E-state index contributed by atoms with van der Waals surface area (Å²) in [6.07, 6.45) is 1.53. The second-order valence-electron chi connectivity index (χ2n) is 6.18. The molecule has 7 heteroatoms. The zero-order valence-corrected chi connectivity index (χ0v) is 14.7. The number of hydrogen-bond donors (Lipinski definition) is 1. The van der Waals surface area contributed by atoms with E-state index in [4.69, 9.17) is 9.26 Å². The van der Waals surface area contributed by atoms with Crippen LogP contribution in [0.1, 0.15) is 24.2 Å². The van der Waals surface area contributed by atoms with E-state index in [1.165, 1.54) is 11.5 Å². The highest BCUT2D eigenvalue weighted by Crippen LogP contribution is 2.49. The van der Waals surface area contributed by atoms with E-state index in [2.05, 4.69) is 14.8 Å². The molecule has 6 nitrogen and oxygen atoms in total. The van der Waals surface area contributed by atoms with E-state index >= 15 is 0 Å². The van der Waals surface area contributed by atoms with Crippen LogP contribution >= 0.6 is 11.5 Å². The topological polar surface area (TPSA) is 77.2 Å². The molecule has 0 unspecified atom stereocenters. The van der Waals surface area contributed by atoms with Crippen molar-refractivity contribution in [2.45, 2.75) is 25.2 Å². The van der Waals surface area contributed by atoms with Crippen molar-refractivity contribution in [3.05, 3.63) is 47.8 Å². The number of methoxy groups -OCH3 is 1. The lowest BCUT2D eigenvalue weighted by atomic mass is 10.0. The van der Waals surface area contributed by atoms with E-state index < -0.39 is 5.41 Å². The third-order valence-corrected chi connectivity index (χ3v) is 5.20.